The molecule has 0 saturated heterocycles. The summed E-state index contributed by atoms with van der Waals surface area (Å²) < 4.78 is 10.4. The lowest BCUT2D eigenvalue weighted by Crippen LogP contribution is -2.25. The third-order valence-electron chi connectivity index (χ3n) is 3.57. The maximum Gasteiger partial charge on any atom is 0.222 e. The molecule has 0 saturated carbocycles. The first-order valence-electron chi connectivity index (χ1n) is 6.49. The number of hydrogen-bond donors (Lipinski definition) is 1. The average Bonchev–Trinajstić information content (AvgIpc) is 2.77. The lowest BCUT2D eigenvalue weighted by molar-refractivity contribution is 0.135. The highest BCUT2D eigenvalue weighted by molar-refractivity contribution is 5.29. The van der Waals surface area contributed by atoms with Gasteiger partial charge in [0, 0.05) is 24.7 Å². The van der Waals surface area contributed by atoms with Crippen molar-refractivity contribution in [3.8, 4) is 0 Å². The summed E-state index contributed by atoms with van der Waals surface area (Å²) >= 11 is 0. The second-order valence-corrected chi connectivity index (χ2v) is 4.40. The van der Waals surface area contributed by atoms with Gasteiger partial charge in [-0.1, -0.05) is 19.0 Å². The molecule has 98 valence electrons. The van der Waals surface area contributed by atoms with Gasteiger partial charge in [-0.2, -0.15) is 0 Å². The van der Waals surface area contributed by atoms with Gasteiger partial charge in [0.25, 0.3) is 0 Å². The molecular weight excluding hydrogens is 216 g/mol. The first-order chi connectivity index (χ1) is 8.18. The Labute approximate surface area is 103 Å². The lowest BCUT2D eigenvalue weighted by atomic mass is 9.75. The Morgan fingerprint density at radius 1 is 1.35 bits per heavy atom. The van der Waals surface area contributed by atoms with Crippen LogP contribution < -0.4 is 5.73 Å². The zero-order valence-corrected chi connectivity index (χ0v) is 11.2. The number of ether oxygens (including phenoxy) is 1. The third-order valence-corrected chi connectivity index (χ3v) is 3.57. The Kier molecular flexibility index (Phi) is 5.48. The predicted molar refractivity (Wildman–Crippen MR) is 68.9 cm³/mol. The van der Waals surface area contributed by atoms with Crippen LogP contribution in [-0.2, 0) is 10.2 Å². The first-order valence-corrected chi connectivity index (χ1v) is 6.49. The van der Waals surface area contributed by atoms with Crippen LogP contribution in [-0.4, -0.2) is 18.4 Å². The number of nitrogens with two attached hydrogens (primary N) is 1. The van der Waals surface area contributed by atoms with E-state index >= 15 is 0 Å². The van der Waals surface area contributed by atoms with Crippen LogP contribution in [0.3, 0.4) is 0 Å². The van der Waals surface area contributed by atoms with E-state index in [0.29, 0.717) is 5.88 Å². The molecule has 0 unspecified atom stereocenters. The summed E-state index contributed by atoms with van der Waals surface area (Å²) in [6.45, 7) is 7.99. The molecule has 0 aliphatic carbocycles. The predicted octanol–water partition coefficient (Wildman–Crippen LogP) is 3.13. The number of nitrogens with zero attached hydrogens (tertiary/aromatic N) is 1. The molecule has 1 aromatic heterocycles. The number of hydrogen-bond acceptors (Lipinski definition) is 4. The Bertz CT molecular complexity index is 319. The maximum absolute atomic E-state index is 5.61. The molecule has 0 bridgehead atoms. The molecule has 0 spiro atoms. The van der Waals surface area contributed by atoms with Crippen LogP contribution in [0.1, 0.15) is 52.1 Å². The Hall–Kier alpha value is -1.03. The van der Waals surface area contributed by atoms with Crippen molar-refractivity contribution in [1.29, 1.82) is 0 Å². The van der Waals surface area contributed by atoms with Gasteiger partial charge >= 0.3 is 0 Å². The molecule has 0 aliphatic heterocycles. The van der Waals surface area contributed by atoms with Gasteiger partial charge < -0.3 is 15.0 Å². The van der Waals surface area contributed by atoms with E-state index in [1.807, 2.05) is 13.0 Å². The Balaban J connectivity index is 2.68. The van der Waals surface area contributed by atoms with Crippen molar-refractivity contribution in [3.05, 3.63) is 11.8 Å². The summed E-state index contributed by atoms with van der Waals surface area (Å²) in [6, 6.07) is 1.85. The maximum atomic E-state index is 5.61. The molecule has 0 amide bonds. The molecule has 0 radical (unpaired) electrons. The van der Waals surface area contributed by atoms with Crippen LogP contribution in [0.15, 0.2) is 10.6 Å². The highest BCUT2D eigenvalue weighted by Gasteiger charge is 2.31. The minimum Gasteiger partial charge on any atom is -0.382 e. The highest BCUT2D eigenvalue weighted by Crippen LogP contribution is 2.36. The molecule has 0 fully saturated rings. The van der Waals surface area contributed by atoms with Crippen molar-refractivity contribution in [2.45, 2.75) is 51.9 Å². The zero-order chi connectivity index (χ0) is 12.7. The van der Waals surface area contributed by atoms with Gasteiger partial charge in [-0.25, -0.2) is 0 Å². The van der Waals surface area contributed by atoms with Crippen molar-refractivity contribution in [1.82, 2.24) is 5.16 Å². The SMILES string of the molecule is CCOCCCC(CC)(CC)c1cc(N)on1. The van der Waals surface area contributed by atoms with Gasteiger partial charge in [0.05, 0.1) is 5.69 Å². The fourth-order valence-corrected chi connectivity index (χ4v) is 2.29. The molecule has 4 nitrogen and oxygen atoms in total. The molecule has 0 atom stereocenters. The number of anilines is 1. The van der Waals surface area contributed by atoms with E-state index in [2.05, 4.69) is 19.0 Å². The Morgan fingerprint density at radius 2 is 2.06 bits per heavy atom. The minimum absolute atomic E-state index is 0.0816. The van der Waals surface area contributed by atoms with E-state index in [0.717, 1.165) is 44.6 Å². The fourth-order valence-electron chi connectivity index (χ4n) is 2.29. The summed E-state index contributed by atoms with van der Waals surface area (Å²) in [5.41, 5.74) is 6.67. The fraction of sp³-hybridized carbons (Fsp3) is 0.769. The van der Waals surface area contributed by atoms with Crippen molar-refractivity contribution in [2.24, 2.45) is 0 Å². The van der Waals surface area contributed by atoms with Crippen LogP contribution in [0.4, 0.5) is 5.88 Å². The van der Waals surface area contributed by atoms with Crippen molar-refractivity contribution >= 4 is 5.88 Å². The molecule has 2 N–H and O–H groups in total. The average molecular weight is 240 g/mol. The second-order valence-electron chi connectivity index (χ2n) is 4.40. The normalized spacial score (nSPS) is 11.9. The standard InChI is InChI=1S/C13H24N2O2/c1-4-13(5-2,8-7-9-16-6-3)11-10-12(14)17-15-11/h10H,4-9,14H2,1-3H3. The van der Waals surface area contributed by atoms with Gasteiger partial charge in [-0.15, -0.1) is 0 Å². The minimum atomic E-state index is 0.0816. The topological polar surface area (TPSA) is 61.3 Å². The van der Waals surface area contributed by atoms with Crippen LogP contribution in [0.2, 0.25) is 0 Å². The molecule has 4 heteroatoms. The third kappa shape index (κ3) is 3.46. The number of rotatable bonds is 8. The van der Waals surface area contributed by atoms with E-state index in [4.69, 9.17) is 15.0 Å². The van der Waals surface area contributed by atoms with Gasteiger partial charge in [-0.05, 0) is 32.6 Å². The number of aromatic nitrogens is 1. The van der Waals surface area contributed by atoms with E-state index in [1.54, 1.807) is 0 Å². The van der Waals surface area contributed by atoms with Gasteiger partial charge in [0.15, 0.2) is 0 Å². The smallest absolute Gasteiger partial charge is 0.222 e. The van der Waals surface area contributed by atoms with Crippen LogP contribution >= 0.6 is 0 Å². The van der Waals surface area contributed by atoms with Crippen molar-refractivity contribution in [2.75, 3.05) is 18.9 Å². The van der Waals surface area contributed by atoms with Crippen molar-refractivity contribution in [3.63, 3.8) is 0 Å². The van der Waals surface area contributed by atoms with E-state index < -0.39 is 0 Å². The largest absolute Gasteiger partial charge is 0.382 e. The summed E-state index contributed by atoms with van der Waals surface area (Å²) in [4.78, 5) is 0. The van der Waals surface area contributed by atoms with Crippen LogP contribution in [0.5, 0.6) is 0 Å². The zero-order valence-electron chi connectivity index (χ0n) is 11.2. The summed E-state index contributed by atoms with van der Waals surface area (Å²) in [5.74, 6) is 0.399. The molecule has 17 heavy (non-hydrogen) atoms. The van der Waals surface area contributed by atoms with Gasteiger partial charge in [-0.3, -0.25) is 0 Å². The molecule has 1 rings (SSSR count). The van der Waals surface area contributed by atoms with E-state index in [1.165, 1.54) is 0 Å². The summed E-state index contributed by atoms with van der Waals surface area (Å²) in [5, 5.41) is 4.09. The quantitative estimate of drug-likeness (QED) is 0.709. The number of nitrogen functional groups attached to an aromatic ring is 1. The second kappa shape index (κ2) is 6.64. The monoisotopic (exact) mass is 240 g/mol. The molecule has 0 aliphatic rings. The summed E-state index contributed by atoms with van der Waals surface area (Å²) in [6.07, 6.45) is 4.19. The van der Waals surface area contributed by atoms with Gasteiger partial charge in [0.1, 0.15) is 0 Å². The molecule has 0 aromatic carbocycles. The van der Waals surface area contributed by atoms with Gasteiger partial charge in [0.2, 0.25) is 5.88 Å². The van der Waals surface area contributed by atoms with Crippen molar-refractivity contribution < 1.29 is 9.26 Å². The lowest BCUT2D eigenvalue weighted by Gasteiger charge is -2.29. The highest BCUT2D eigenvalue weighted by atomic mass is 16.5. The summed E-state index contributed by atoms with van der Waals surface area (Å²) in [7, 11) is 0. The molecular formula is C13H24N2O2. The molecule has 1 heterocycles. The van der Waals surface area contributed by atoms with E-state index in [9.17, 15) is 0 Å². The van der Waals surface area contributed by atoms with Crippen LogP contribution in [0, 0.1) is 0 Å². The first kappa shape index (κ1) is 14.0. The molecule has 1 aromatic rings. The van der Waals surface area contributed by atoms with Crippen LogP contribution in [0.25, 0.3) is 0 Å². The Morgan fingerprint density at radius 3 is 2.53 bits per heavy atom. The van der Waals surface area contributed by atoms with E-state index in [-0.39, 0.29) is 5.41 Å².